The zero-order valence-corrected chi connectivity index (χ0v) is 20.4. The predicted molar refractivity (Wildman–Crippen MR) is 128 cm³/mol. The first-order valence-electron chi connectivity index (χ1n) is 11.5. The molecule has 0 saturated heterocycles. The lowest BCUT2D eigenvalue weighted by Crippen LogP contribution is -2.52. The van der Waals surface area contributed by atoms with E-state index >= 15 is 0 Å². The number of hydrogen-bond donors (Lipinski definition) is 3. The maximum absolute atomic E-state index is 12.4. The minimum atomic E-state index is -0.535. The first-order valence-corrected chi connectivity index (χ1v) is 11.5. The highest BCUT2D eigenvalue weighted by Gasteiger charge is 2.30. The van der Waals surface area contributed by atoms with Crippen molar-refractivity contribution >= 4 is 17.7 Å². The van der Waals surface area contributed by atoms with Gasteiger partial charge in [-0.05, 0) is 59.1 Å². The van der Waals surface area contributed by atoms with E-state index in [1.165, 1.54) is 0 Å². The molecule has 0 bridgehead atoms. The van der Waals surface area contributed by atoms with Gasteiger partial charge in [-0.3, -0.25) is 9.39 Å². The third-order valence-corrected chi connectivity index (χ3v) is 5.26. The number of nitrogens with one attached hydrogen (secondary N) is 3. The molecule has 0 aliphatic carbocycles. The van der Waals surface area contributed by atoms with E-state index < -0.39 is 17.2 Å². The Kier molecular flexibility index (Phi) is 9.28. The lowest BCUT2D eigenvalue weighted by Gasteiger charge is -2.32. The molecule has 0 aromatic carbocycles. The summed E-state index contributed by atoms with van der Waals surface area (Å²) in [4.78, 5) is 17.1. The maximum atomic E-state index is 12.4. The fraction of sp³-hybridized carbons (Fsp3) is 0.652. The van der Waals surface area contributed by atoms with Gasteiger partial charge in [0.2, 0.25) is 0 Å². The number of guanidine groups is 1. The average molecular weight is 446 g/mol. The van der Waals surface area contributed by atoms with Crippen molar-refractivity contribution in [2.75, 3.05) is 19.6 Å². The Morgan fingerprint density at radius 3 is 2.53 bits per heavy atom. The highest BCUT2D eigenvalue weighted by atomic mass is 16.6. The normalized spacial score (nSPS) is 12.6. The van der Waals surface area contributed by atoms with Crippen LogP contribution in [-0.2, 0) is 11.2 Å². The first kappa shape index (κ1) is 25.4. The summed E-state index contributed by atoms with van der Waals surface area (Å²) in [6.45, 7) is 13.7. The van der Waals surface area contributed by atoms with E-state index in [1.807, 2.05) is 56.5 Å². The van der Waals surface area contributed by atoms with E-state index in [9.17, 15) is 4.79 Å². The molecule has 0 radical (unpaired) electrons. The molecule has 0 aliphatic rings. The number of rotatable bonds is 10. The summed E-state index contributed by atoms with van der Waals surface area (Å²) in [7, 11) is 0. The van der Waals surface area contributed by atoms with Crippen LogP contribution in [0.2, 0.25) is 0 Å². The second-order valence-corrected chi connectivity index (χ2v) is 8.88. The minimum absolute atomic E-state index is 0.408. The van der Waals surface area contributed by atoms with Crippen LogP contribution in [0.25, 0.3) is 5.65 Å². The van der Waals surface area contributed by atoms with Gasteiger partial charge >= 0.3 is 6.09 Å². The third kappa shape index (κ3) is 7.69. The smallest absolute Gasteiger partial charge is 0.408 e. The SMILES string of the molecule is CCNC(=NCC(CC)(CC)NC(=O)OC(C)(C)C)NCCCc1nnc2ccccn12. The number of nitrogens with zero attached hydrogens (tertiary/aromatic N) is 4. The van der Waals surface area contributed by atoms with Crippen molar-refractivity contribution < 1.29 is 9.53 Å². The number of alkyl carbamates (subject to hydrolysis) is 1. The summed E-state index contributed by atoms with van der Waals surface area (Å²) >= 11 is 0. The van der Waals surface area contributed by atoms with Gasteiger partial charge in [0.05, 0.1) is 12.1 Å². The Morgan fingerprint density at radius 2 is 1.88 bits per heavy atom. The van der Waals surface area contributed by atoms with Crippen LogP contribution in [0.5, 0.6) is 0 Å². The number of hydrogen-bond acceptors (Lipinski definition) is 5. The zero-order valence-electron chi connectivity index (χ0n) is 20.4. The molecule has 3 N–H and O–H groups in total. The summed E-state index contributed by atoms with van der Waals surface area (Å²) in [6, 6.07) is 5.88. The Morgan fingerprint density at radius 1 is 1.12 bits per heavy atom. The van der Waals surface area contributed by atoms with E-state index in [2.05, 4.69) is 40.0 Å². The number of aryl methyl sites for hydroxylation is 1. The fourth-order valence-electron chi connectivity index (χ4n) is 3.30. The van der Waals surface area contributed by atoms with Crippen molar-refractivity contribution in [3.05, 3.63) is 30.2 Å². The first-order chi connectivity index (χ1) is 15.2. The highest BCUT2D eigenvalue weighted by molar-refractivity contribution is 5.79. The Hall–Kier alpha value is -2.84. The van der Waals surface area contributed by atoms with Crippen LogP contribution in [0.3, 0.4) is 0 Å². The van der Waals surface area contributed by atoms with Crippen molar-refractivity contribution in [1.29, 1.82) is 0 Å². The molecule has 1 amide bonds. The number of aliphatic imine (C=N–C) groups is 1. The molecule has 9 heteroatoms. The average Bonchev–Trinajstić information content (AvgIpc) is 3.15. The van der Waals surface area contributed by atoms with Crippen LogP contribution in [0.4, 0.5) is 4.79 Å². The van der Waals surface area contributed by atoms with Gasteiger partial charge in [0.1, 0.15) is 11.4 Å². The van der Waals surface area contributed by atoms with Crippen LogP contribution >= 0.6 is 0 Å². The van der Waals surface area contributed by atoms with Crippen molar-refractivity contribution in [2.45, 2.75) is 78.4 Å². The largest absolute Gasteiger partial charge is 0.444 e. The van der Waals surface area contributed by atoms with Crippen molar-refractivity contribution in [3.63, 3.8) is 0 Å². The molecule has 0 saturated carbocycles. The summed E-state index contributed by atoms with van der Waals surface area (Å²) in [5, 5.41) is 18.2. The molecule has 32 heavy (non-hydrogen) atoms. The predicted octanol–water partition coefficient (Wildman–Crippen LogP) is 3.30. The van der Waals surface area contributed by atoms with Gasteiger partial charge in [-0.25, -0.2) is 4.79 Å². The lowest BCUT2D eigenvalue weighted by molar-refractivity contribution is 0.0452. The third-order valence-electron chi connectivity index (χ3n) is 5.26. The number of pyridine rings is 1. The molecule has 2 rings (SSSR count). The molecular weight excluding hydrogens is 406 g/mol. The fourth-order valence-corrected chi connectivity index (χ4v) is 3.30. The summed E-state index contributed by atoms with van der Waals surface area (Å²) < 4.78 is 7.47. The van der Waals surface area contributed by atoms with Crippen LogP contribution < -0.4 is 16.0 Å². The maximum Gasteiger partial charge on any atom is 0.408 e. The highest BCUT2D eigenvalue weighted by Crippen LogP contribution is 2.17. The quantitative estimate of drug-likeness (QED) is 0.294. The molecule has 0 spiro atoms. The minimum Gasteiger partial charge on any atom is -0.444 e. The van der Waals surface area contributed by atoms with Crippen LogP contribution in [0.1, 0.15) is 66.6 Å². The molecular formula is C23H39N7O2. The zero-order chi connectivity index (χ0) is 23.6. The Bertz CT molecular complexity index is 882. The van der Waals surface area contributed by atoms with E-state index in [-0.39, 0.29) is 0 Å². The van der Waals surface area contributed by atoms with E-state index in [0.717, 1.165) is 56.2 Å². The molecule has 2 aromatic heterocycles. The molecule has 0 atom stereocenters. The Balaban J connectivity index is 1.93. The van der Waals surface area contributed by atoms with E-state index in [4.69, 9.17) is 9.73 Å². The number of carbonyl (C=O) groups excluding carboxylic acids is 1. The number of fused-ring (bicyclic) bond motifs is 1. The van der Waals surface area contributed by atoms with Gasteiger partial charge in [0.15, 0.2) is 11.6 Å². The van der Waals surface area contributed by atoms with Crippen LogP contribution in [0.15, 0.2) is 29.4 Å². The van der Waals surface area contributed by atoms with Gasteiger partial charge in [0.25, 0.3) is 0 Å². The van der Waals surface area contributed by atoms with Crippen LogP contribution in [0, 0.1) is 0 Å². The lowest BCUT2D eigenvalue weighted by atomic mass is 9.93. The standard InChI is InChI=1S/C23H39N7O2/c1-7-23(8-2,27-21(31)32-22(4,5)6)17-26-20(24-9-3)25-15-12-14-19-29-28-18-13-10-11-16-30(18)19/h10-11,13,16H,7-9,12,14-15,17H2,1-6H3,(H,27,31)(H2,24,25,26). The number of ether oxygens (including phenoxy) is 1. The molecule has 2 heterocycles. The van der Waals surface area contributed by atoms with Gasteiger partial charge in [-0.1, -0.05) is 19.9 Å². The van der Waals surface area contributed by atoms with E-state index in [0.29, 0.717) is 6.54 Å². The van der Waals surface area contributed by atoms with Gasteiger partial charge in [0, 0.05) is 25.7 Å². The molecule has 0 unspecified atom stereocenters. The topological polar surface area (TPSA) is 105 Å². The summed E-state index contributed by atoms with van der Waals surface area (Å²) in [6.07, 6.45) is 4.79. The second-order valence-electron chi connectivity index (χ2n) is 8.88. The summed E-state index contributed by atoms with van der Waals surface area (Å²) in [5.74, 6) is 1.68. The molecule has 9 nitrogen and oxygen atoms in total. The summed E-state index contributed by atoms with van der Waals surface area (Å²) in [5.41, 5.74) is -0.129. The van der Waals surface area contributed by atoms with Gasteiger partial charge in [-0.15, -0.1) is 10.2 Å². The Labute approximate surface area is 191 Å². The number of carbonyl (C=O) groups is 1. The van der Waals surface area contributed by atoms with Crippen LogP contribution in [-0.4, -0.2) is 57.4 Å². The van der Waals surface area contributed by atoms with Gasteiger partial charge < -0.3 is 20.7 Å². The molecule has 178 valence electrons. The van der Waals surface area contributed by atoms with E-state index in [1.54, 1.807) is 0 Å². The van der Waals surface area contributed by atoms with Crippen molar-refractivity contribution in [3.8, 4) is 0 Å². The van der Waals surface area contributed by atoms with Gasteiger partial charge in [-0.2, -0.15) is 0 Å². The molecule has 2 aromatic rings. The number of aromatic nitrogens is 3. The monoisotopic (exact) mass is 445 g/mol. The van der Waals surface area contributed by atoms with Crippen molar-refractivity contribution in [2.24, 2.45) is 4.99 Å². The number of amides is 1. The second kappa shape index (κ2) is 11.7. The molecule has 0 aliphatic heterocycles. The van der Waals surface area contributed by atoms with Crippen molar-refractivity contribution in [1.82, 2.24) is 30.5 Å². The molecule has 0 fully saturated rings.